The molecule has 1 heterocycles. The zero-order valence-corrected chi connectivity index (χ0v) is 11.5. The Labute approximate surface area is 111 Å². The fourth-order valence-electron chi connectivity index (χ4n) is 2.56. The highest BCUT2D eigenvalue weighted by atomic mass is 19.1. The average molecular weight is 264 g/mol. The maximum atomic E-state index is 13.9. The lowest BCUT2D eigenvalue weighted by molar-refractivity contribution is -0.186. The van der Waals surface area contributed by atoms with Gasteiger partial charge in [-0.05, 0) is 33.8 Å². The normalized spacial score (nSPS) is 25.0. The van der Waals surface area contributed by atoms with Crippen LogP contribution in [-0.2, 0) is 14.3 Å². The average Bonchev–Trinajstić information content (AvgIpc) is 2.34. The van der Waals surface area contributed by atoms with Crippen molar-refractivity contribution in [2.24, 2.45) is 10.8 Å². The molecular weight excluding hydrogens is 247 g/mol. The van der Waals surface area contributed by atoms with Crippen LogP contribution in [0.15, 0.2) is 24.3 Å². The number of halogens is 1. The molecular formula is C15H17FO3. The molecule has 1 fully saturated rings. The largest absolute Gasteiger partial charge is 0.456 e. The zero-order valence-electron chi connectivity index (χ0n) is 11.5. The van der Waals surface area contributed by atoms with E-state index >= 15 is 0 Å². The Morgan fingerprint density at radius 1 is 1.11 bits per heavy atom. The predicted octanol–water partition coefficient (Wildman–Crippen LogP) is 3.05. The first-order chi connectivity index (χ1) is 8.69. The number of benzene rings is 1. The van der Waals surface area contributed by atoms with Gasteiger partial charge in [0, 0.05) is 5.56 Å². The molecule has 1 aromatic rings. The van der Waals surface area contributed by atoms with E-state index in [1.165, 1.54) is 19.9 Å². The second-order valence-corrected chi connectivity index (χ2v) is 5.98. The van der Waals surface area contributed by atoms with Gasteiger partial charge >= 0.3 is 5.97 Å². The molecule has 2 rings (SSSR count). The number of esters is 1. The summed E-state index contributed by atoms with van der Waals surface area (Å²) in [5, 5.41) is 0. The van der Waals surface area contributed by atoms with E-state index in [0.717, 1.165) is 0 Å². The standard InChI is InChI=1S/C15H17FO3/c1-14(2)11(9-7-5-6-8-10(9)16)19-13(18)15(3,4)12(14)17/h5-8,11H,1-4H3. The lowest BCUT2D eigenvalue weighted by atomic mass is 9.67. The fourth-order valence-corrected chi connectivity index (χ4v) is 2.56. The van der Waals surface area contributed by atoms with Crippen LogP contribution in [0.3, 0.4) is 0 Å². The second-order valence-electron chi connectivity index (χ2n) is 5.98. The molecule has 0 aliphatic carbocycles. The number of cyclic esters (lactones) is 1. The minimum absolute atomic E-state index is 0.232. The van der Waals surface area contributed by atoms with Gasteiger partial charge in [0.1, 0.15) is 17.3 Å². The molecule has 3 nitrogen and oxygen atoms in total. The van der Waals surface area contributed by atoms with E-state index in [4.69, 9.17) is 4.74 Å². The van der Waals surface area contributed by atoms with E-state index in [1.807, 2.05) is 0 Å². The first kappa shape index (κ1) is 13.7. The van der Waals surface area contributed by atoms with Gasteiger partial charge in [-0.3, -0.25) is 9.59 Å². The minimum atomic E-state index is -1.19. The van der Waals surface area contributed by atoms with Crippen molar-refractivity contribution in [1.29, 1.82) is 0 Å². The highest BCUT2D eigenvalue weighted by Crippen LogP contribution is 2.47. The first-order valence-electron chi connectivity index (χ1n) is 6.19. The van der Waals surface area contributed by atoms with E-state index < -0.39 is 28.7 Å². The third-order valence-electron chi connectivity index (χ3n) is 3.73. The number of hydrogen-bond acceptors (Lipinski definition) is 3. The van der Waals surface area contributed by atoms with Crippen LogP contribution >= 0.6 is 0 Å². The smallest absolute Gasteiger partial charge is 0.319 e. The maximum Gasteiger partial charge on any atom is 0.319 e. The Bertz CT molecular complexity index is 546. The van der Waals surface area contributed by atoms with Crippen molar-refractivity contribution in [3.63, 3.8) is 0 Å². The molecule has 4 heteroatoms. The number of rotatable bonds is 1. The SMILES string of the molecule is CC1(C)C(=O)OC(c2ccccc2F)C(C)(C)C1=O. The lowest BCUT2D eigenvalue weighted by Gasteiger charge is -2.43. The minimum Gasteiger partial charge on any atom is -0.456 e. The molecule has 0 N–H and O–H groups in total. The van der Waals surface area contributed by atoms with Gasteiger partial charge in [-0.15, -0.1) is 0 Å². The summed E-state index contributed by atoms with van der Waals surface area (Å²) in [4.78, 5) is 24.4. The van der Waals surface area contributed by atoms with Gasteiger partial charge in [-0.25, -0.2) is 4.39 Å². The summed E-state index contributed by atoms with van der Waals surface area (Å²) >= 11 is 0. The highest BCUT2D eigenvalue weighted by Gasteiger charge is 2.56. The summed E-state index contributed by atoms with van der Waals surface area (Å²) in [5.74, 6) is -1.31. The van der Waals surface area contributed by atoms with E-state index in [2.05, 4.69) is 0 Å². The van der Waals surface area contributed by atoms with Gasteiger partial charge in [0.2, 0.25) is 0 Å². The Kier molecular flexibility index (Phi) is 3.00. The number of carbonyl (C=O) groups excluding carboxylic acids is 2. The Balaban J connectivity index is 2.52. The molecule has 19 heavy (non-hydrogen) atoms. The van der Waals surface area contributed by atoms with Gasteiger partial charge < -0.3 is 4.74 Å². The Morgan fingerprint density at radius 2 is 1.68 bits per heavy atom. The number of ketones is 1. The van der Waals surface area contributed by atoms with Gasteiger partial charge in [0.25, 0.3) is 0 Å². The highest BCUT2D eigenvalue weighted by molar-refractivity contribution is 6.07. The summed E-state index contributed by atoms with van der Waals surface area (Å²) in [7, 11) is 0. The molecule has 1 aliphatic heterocycles. The summed E-state index contributed by atoms with van der Waals surface area (Å²) < 4.78 is 19.2. The molecule has 1 aromatic carbocycles. The first-order valence-corrected chi connectivity index (χ1v) is 6.19. The van der Waals surface area contributed by atoms with Crippen molar-refractivity contribution in [2.75, 3.05) is 0 Å². The molecule has 1 unspecified atom stereocenters. The van der Waals surface area contributed by atoms with Crippen LogP contribution in [0.5, 0.6) is 0 Å². The molecule has 1 aliphatic rings. The molecule has 102 valence electrons. The number of Topliss-reactive ketones (excluding diaryl/α,β-unsaturated/α-hetero) is 1. The van der Waals surface area contributed by atoms with Crippen LogP contribution < -0.4 is 0 Å². The van der Waals surface area contributed by atoms with Gasteiger partial charge in [0.15, 0.2) is 5.78 Å². The van der Waals surface area contributed by atoms with Gasteiger partial charge in [-0.2, -0.15) is 0 Å². The van der Waals surface area contributed by atoms with Crippen LogP contribution in [-0.4, -0.2) is 11.8 Å². The molecule has 0 bridgehead atoms. The Hall–Kier alpha value is -1.71. The van der Waals surface area contributed by atoms with Crippen LogP contribution in [0, 0.1) is 16.6 Å². The molecule has 0 saturated carbocycles. The summed E-state index contributed by atoms with van der Waals surface area (Å²) in [6.45, 7) is 6.44. The third kappa shape index (κ3) is 1.95. The summed E-state index contributed by atoms with van der Waals surface area (Å²) in [6.07, 6.45) is -0.887. The number of ether oxygens (including phenoxy) is 1. The monoisotopic (exact) mass is 264 g/mol. The van der Waals surface area contributed by atoms with Crippen molar-refractivity contribution in [1.82, 2.24) is 0 Å². The summed E-state index contributed by atoms with van der Waals surface area (Å²) in [5.41, 5.74) is -1.91. The zero-order chi connectivity index (χ0) is 14.4. The van der Waals surface area contributed by atoms with Crippen LogP contribution in [0.25, 0.3) is 0 Å². The molecule has 0 radical (unpaired) electrons. The molecule has 1 saturated heterocycles. The van der Waals surface area contributed by atoms with Gasteiger partial charge in [-0.1, -0.05) is 18.2 Å². The van der Waals surface area contributed by atoms with Crippen molar-refractivity contribution in [2.45, 2.75) is 33.8 Å². The quantitative estimate of drug-likeness (QED) is 0.578. The molecule has 0 spiro atoms. The van der Waals surface area contributed by atoms with E-state index in [9.17, 15) is 14.0 Å². The van der Waals surface area contributed by atoms with E-state index in [-0.39, 0.29) is 11.3 Å². The van der Waals surface area contributed by atoms with Crippen LogP contribution in [0.4, 0.5) is 4.39 Å². The van der Waals surface area contributed by atoms with Crippen molar-refractivity contribution >= 4 is 11.8 Å². The predicted molar refractivity (Wildman–Crippen MR) is 67.8 cm³/mol. The van der Waals surface area contributed by atoms with Crippen LogP contribution in [0.2, 0.25) is 0 Å². The van der Waals surface area contributed by atoms with Crippen molar-refractivity contribution < 1.29 is 18.7 Å². The van der Waals surface area contributed by atoms with Crippen molar-refractivity contribution in [3.05, 3.63) is 35.6 Å². The summed E-state index contributed by atoms with van der Waals surface area (Å²) in [6, 6.07) is 6.05. The second kappa shape index (κ2) is 4.15. The molecule has 0 aromatic heterocycles. The lowest BCUT2D eigenvalue weighted by Crippen LogP contribution is -2.52. The Morgan fingerprint density at radius 3 is 2.26 bits per heavy atom. The number of hydrogen-bond donors (Lipinski definition) is 0. The maximum absolute atomic E-state index is 13.9. The van der Waals surface area contributed by atoms with E-state index in [1.54, 1.807) is 32.0 Å². The fraction of sp³-hybridized carbons (Fsp3) is 0.467. The molecule has 0 amide bonds. The van der Waals surface area contributed by atoms with Crippen molar-refractivity contribution in [3.8, 4) is 0 Å². The molecule has 1 atom stereocenters. The topological polar surface area (TPSA) is 43.4 Å². The van der Waals surface area contributed by atoms with Gasteiger partial charge in [0.05, 0.1) is 5.41 Å². The number of carbonyl (C=O) groups is 2. The third-order valence-corrected chi connectivity index (χ3v) is 3.73. The van der Waals surface area contributed by atoms with Crippen LogP contribution in [0.1, 0.15) is 39.4 Å². The van der Waals surface area contributed by atoms with E-state index in [0.29, 0.717) is 0 Å².